The van der Waals surface area contributed by atoms with E-state index in [1.807, 2.05) is 20.9 Å². The Morgan fingerprint density at radius 1 is 1.10 bits per heavy atom. The summed E-state index contributed by atoms with van der Waals surface area (Å²) < 4.78 is 82.2. The minimum atomic E-state index is -4.81. The molecular formula is C29H35F4N3O4S. The number of rotatable bonds is 8. The fourth-order valence-electron chi connectivity index (χ4n) is 6.33. The zero-order valence-electron chi connectivity index (χ0n) is 23.2. The normalized spacial score (nSPS) is 23.9. The van der Waals surface area contributed by atoms with Crippen molar-refractivity contribution >= 4 is 21.7 Å². The van der Waals surface area contributed by atoms with Crippen LogP contribution >= 0.6 is 0 Å². The molecule has 2 amide bonds. The molecule has 41 heavy (non-hydrogen) atoms. The number of benzene rings is 2. The lowest BCUT2D eigenvalue weighted by Gasteiger charge is -2.44. The molecule has 1 aliphatic carbocycles. The highest BCUT2D eigenvalue weighted by atomic mass is 32.2. The number of carbonyl (C=O) groups excluding carboxylic acids is 2. The topological polar surface area (TPSA) is 101 Å². The Morgan fingerprint density at radius 2 is 1.76 bits per heavy atom. The van der Waals surface area contributed by atoms with Gasteiger partial charge in [0, 0.05) is 30.2 Å². The van der Waals surface area contributed by atoms with E-state index in [0.29, 0.717) is 19.3 Å². The second-order valence-corrected chi connectivity index (χ2v) is 13.3. The Balaban J connectivity index is 1.68. The third kappa shape index (κ3) is 6.43. The molecule has 4 rings (SSSR count). The van der Waals surface area contributed by atoms with Crippen LogP contribution in [0.5, 0.6) is 0 Å². The summed E-state index contributed by atoms with van der Waals surface area (Å²) >= 11 is 0. The molecular weight excluding hydrogens is 562 g/mol. The highest BCUT2D eigenvalue weighted by Gasteiger charge is 2.47. The van der Waals surface area contributed by atoms with Gasteiger partial charge in [-0.05, 0) is 94.5 Å². The number of nitrogens with two attached hydrogens (primary N) is 1. The van der Waals surface area contributed by atoms with Crippen LogP contribution in [0.25, 0.3) is 0 Å². The predicted molar refractivity (Wildman–Crippen MR) is 145 cm³/mol. The standard InChI is InChI=1S/C29H35F4N3O4S/c1-17(2)35(3)20-9-12-25(18(15-20)16-41(39,40)21-10-7-19(30)8-11-21)36-14-13-23(28(36)38)26-22(27(34)37)5-4-6-24(26)29(31,32)33/h4-8,10-11,17-18,20,23,25H,9,12-16H2,1-3H3,(H2,34,37)/t18-,20+,23-,25-/m0/s1. The second-order valence-electron chi connectivity index (χ2n) is 11.3. The van der Waals surface area contributed by atoms with E-state index in [1.165, 1.54) is 23.1 Å². The molecule has 0 bridgehead atoms. The summed E-state index contributed by atoms with van der Waals surface area (Å²) in [6.07, 6.45) is -3.17. The summed E-state index contributed by atoms with van der Waals surface area (Å²) in [6, 6.07) is 7.37. The van der Waals surface area contributed by atoms with E-state index in [2.05, 4.69) is 4.90 Å². The maximum atomic E-state index is 14.0. The van der Waals surface area contributed by atoms with Gasteiger partial charge in [0.2, 0.25) is 11.8 Å². The summed E-state index contributed by atoms with van der Waals surface area (Å²) in [5.74, 6) is -4.25. The zero-order valence-corrected chi connectivity index (χ0v) is 24.0. The number of sulfone groups is 1. The molecule has 0 radical (unpaired) electrons. The maximum absolute atomic E-state index is 14.0. The van der Waals surface area contributed by atoms with Gasteiger partial charge < -0.3 is 15.5 Å². The smallest absolute Gasteiger partial charge is 0.366 e. The Morgan fingerprint density at radius 3 is 2.34 bits per heavy atom. The first-order chi connectivity index (χ1) is 19.1. The van der Waals surface area contributed by atoms with Crippen LogP contribution in [0.3, 0.4) is 0 Å². The molecule has 1 saturated heterocycles. The van der Waals surface area contributed by atoms with Crippen molar-refractivity contribution in [3.63, 3.8) is 0 Å². The number of alkyl halides is 3. The highest BCUT2D eigenvalue weighted by molar-refractivity contribution is 7.91. The third-order valence-electron chi connectivity index (χ3n) is 8.58. The number of halogens is 4. The molecule has 0 aromatic heterocycles. The molecule has 2 aromatic rings. The summed E-state index contributed by atoms with van der Waals surface area (Å²) in [6.45, 7) is 4.18. The van der Waals surface area contributed by atoms with Gasteiger partial charge in [0.05, 0.1) is 22.1 Å². The van der Waals surface area contributed by atoms with Gasteiger partial charge in [-0.15, -0.1) is 0 Å². The van der Waals surface area contributed by atoms with E-state index in [-0.39, 0.29) is 41.3 Å². The molecule has 1 aliphatic heterocycles. The van der Waals surface area contributed by atoms with Crippen molar-refractivity contribution in [1.29, 1.82) is 0 Å². The maximum Gasteiger partial charge on any atom is 0.416 e. The average molecular weight is 598 g/mol. The van der Waals surface area contributed by atoms with Crippen molar-refractivity contribution in [2.24, 2.45) is 11.7 Å². The van der Waals surface area contributed by atoms with Crippen molar-refractivity contribution in [1.82, 2.24) is 9.80 Å². The number of nitrogens with zero attached hydrogens (tertiary/aromatic N) is 2. The van der Waals surface area contributed by atoms with E-state index < -0.39 is 62.6 Å². The van der Waals surface area contributed by atoms with Gasteiger partial charge in [-0.3, -0.25) is 9.59 Å². The fourth-order valence-corrected chi connectivity index (χ4v) is 7.99. The Kier molecular flexibility index (Phi) is 8.84. The minimum absolute atomic E-state index is 0.0344. The first-order valence-corrected chi connectivity index (χ1v) is 15.3. The number of hydrogen-bond acceptors (Lipinski definition) is 5. The van der Waals surface area contributed by atoms with E-state index in [9.17, 15) is 35.6 Å². The summed E-state index contributed by atoms with van der Waals surface area (Å²) in [4.78, 5) is 29.5. The van der Waals surface area contributed by atoms with Crippen LogP contribution in [0, 0.1) is 11.7 Å². The molecule has 2 fully saturated rings. The lowest BCUT2D eigenvalue weighted by molar-refractivity contribution is -0.139. The van der Waals surface area contributed by atoms with Crippen molar-refractivity contribution in [2.75, 3.05) is 19.3 Å². The first kappa shape index (κ1) is 31.0. The lowest BCUT2D eigenvalue weighted by atomic mass is 9.80. The van der Waals surface area contributed by atoms with Crippen LogP contribution in [0.2, 0.25) is 0 Å². The van der Waals surface area contributed by atoms with Crippen LogP contribution in [-0.2, 0) is 20.8 Å². The predicted octanol–water partition coefficient (Wildman–Crippen LogP) is 4.61. The van der Waals surface area contributed by atoms with E-state index >= 15 is 0 Å². The van der Waals surface area contributed by atoms with Crippen LogP contribution in [0.15, 0.2) is 47.4 Å². The lowest BCUT2D eigenvalue weighted by Crippen LogP contribution is -2.51. The van der Waals surface area contributed by atoms with Crippen molar-refractivity contribution < 1.29 is 35.6 Å². The minimum Gasteiger partial charge on any atom is -0.366 e. The quantitative estimate of drug-likeness (QED) is 0.354. The van der Waals surface area contributed by atoms with Crippen LogP contribution in [0.1, 0.15) is 66.9 Å². The molecule has 0 unspecified atom stereocenters. The summed E-state index contributed by atoms with van der Waals surface area (Å²) in [5, 5.41) is 0. The Hall–Kier alpha value is -2.99. The largest absolute Gasteiger partial charge is 0.416 e. The summed E-state index contributed by atoms with van der Waals surface area (Å²) in [7, 11) is -1.91. The van der Waals surface area contributed by atoms with Crippen molar-refractivity contribution in [2.45, 2.75) is 74.6 Å². The van der Waals surface area contributed by atoms with Crippen LogP contribution in [0.4, 0.5) is 17.6 Å². The van der Waals surface area contributed by atoms with Crippen LogP contribution < -0.4 is 5.73 Å². The first-order valence-electron chi connectivity index (χ1n) is 13.6. The van der Waals surface area contributed by atoms with E-state index in [0.717, 1.165) is 24.3 Å². The zero-order chi connectivity index (χ0) is 30.3. The number of likely N-dealkylation sites (tertiary alicyclic amines) is 1. The number of amides is 2. The average Bonchev–Trinajstić information content (AvgIpc) is 3.27. The number of primary amides is 1. The highest BCUT2D eigenvalue weighted by Crippen LogP contribution is 2.43. The molecule has 1 heterocycles. The van der Waals surface area contributed by atoms with Crippen molar-refractivity contribution in [3.8, 4) is 0 Å². The molecule has 224 valence electrons. The van der Waals surface area contributed by atoms with Gasteiger partial charge >= 0.3 is 6.18 Å². The number of carbonyl (C=O) groups is 2. The Bertz CT molecular complexity index is 1400. The van der Waals surface area contributed by atoms with E-state index in [4.69, 9.17) is 5.73 Å². The van der Waals surface area contributed by atoms with Gasteiger partial charge in [0.15, 0.2) is 9.84 Å². The SMILES string of the molecule is CC(C)N(C)[C@@H]1CC[C@H](N2CC[C@@H](c3c(C(N)=O)cccc3C(F)(F)F)C2=O)[C@H](CS(=O)(=O)c2ccc(F)cc2)C1. The molecule has 12 heteroatoms. The molecule has 7 nitrogen and oxygen atoms in total. The molecule has 2 N–H and O–H groups in total. The monoisotopic (exact) mass is 597 g/mol. The second kappa shape index (κ2) is 11.7. The fraction of sp³-hybridized carbons (Fsp3) is 0.517. The molecule has 2 aromatic carbocycles. The Labute approximate surface area is 237 Å². The molecule has 2 aliphatic rings. The van der Waals surface area contributed by atoms with E-state index in [1.54, 1.807) is 0 Å². The third-order valence-corrected chi connectivity index (χ3v) is 10.4. The molecule has 4 atom stereocenters. The van der Waals surface area contributed by atoms with Gasteiger partial charge in [-0.2, -0.15) is 13.2 Å². The van der Waals surface area contributed by atoms with Gasteiger partial charge in [0.25, 0.3) is 0 Å². The van der Waals surface area contributed by atoms with Crippen molar-refractivity contribution in [3.05, 3.63) is 65.0 Å². The van der Waals surface area contributed by atoms with Crippen LogP contribution in [-0.4, -0.2) is 67.5 Å². The van der Waals surface area contributed by atoms with Gasteiger partial charge in [-0.25, -0.2) is 12.8 Å². The summed E-state index contributed by atoms with van der Waals surface area (Å²) in [5.41, 5.74) is 3.56. The molecule has 0 spiro atoms. The molecule has 1 saturated carbocycles. The van der Waals surface area contributed by atoms with Gasteiger partial charge in [-0.1, -0.05) is 6.07 Å². The van der Waals surface area contributed by atoms with Gasteiger partial charge in [0.1, 0.15) is 5.82 Å². The number of hydrogen-bond donors (Lipinski definition) is 1.